The van der Waals surface area contributed by atoms with E-state index in [9.17, 15) is 9.59 Å². The minimum Gasteiger partial charge on any atom is -0.348 e. The van der Waals surface area contributed by atoms with Crippen LogP contribution in [-0.2, 0) is 17.8 Å². The molecule has 0 saturated heterocycles. The number of rotatable bonds is 6. The molecule has 0 saturated carbocycles. The van der Waals surface area contributed by atoms with Gasteiger partial charge in [0.15, 0.2) is 0 Å². The van der Waals surface area contributed by atoms with Gasteiger partial charge in [-0.05, 0) is 30.5 Å². The van der Waals surface area contributed by atoms with E-state index in [4.69, 9.17) is 0 Å². The SMILES string of the molecule is CCc1ccc(-c2cc3c(=O)n(CC(=O)N[C@@H](C)c4ccccc4)ncn3n2)cc1. The minimum atomic E-state index is -0.357. The number of carbonyl (C=O) groups excluding carboxylic acids is 1. The number of fused-ring (bicyclic) bond motifs is 1. The maximum Gasteiger partial charge on any atom is 0.293 e. The highest BCUT2D eigenvalue weighted by atomic mass is 16.2. The standard InChI is InChI=1S/C23H23N5O2/c1-3-17-9-11-19(12-10-17)20-13-21-23(30)27(24-15-28(21)26-20)14-22(29)25-16(2)18-7-5-4-6-8-18/h4-13,15-16H,3,14H2,1-2H3,(H,25,29)/t16-/m0/s1. The van der Waals surface area contributed by atoms with E-state index in [1.165, 1.54) is 16.4 Å². The second kappa shape index (κ2) is 8.32. The van der Waals surface area contributed by atoms with Gasteiger partial charge in [0.2, 0.25) is 5.91 Å². The molecule has 1 N–H and O–H groups in total. The molecule has 2 aromatic carbocycles. The fraction of sp³-hybridized carbons (Fsp3) is 0.217. The molecular formula is C23H23N5O2. The molecule has 4 rings (SSSR count). The number of amides is 1. The van der Waals surface area contributed by atoms with Crippen LogP contribution >= 0.6 is 0 Å². The first-order valence-electron chi connectivity index (χ1n) is 9.94. The lowest BCUT2D eigenvalue weighted by atomic mass is 10.1. The highest BCUT2D eigenvalue weighted by molar-refractivity contribution is 5.76. The van der Waals surface area contributed by atoms with Crippen LogP contribution in [0.4, 0.5) is 0 Å². The summed E-state index contributed by atoms with van der Waals surface area (Å²) >= 11 is 0. The fourth-order valence-corrected chi connectivity index (χ4v) is 3.35. The van der Waals surface area contributed by atoms with E-state index in [2.05, 4.69) is 22.4 Å². The fourth-order valence-electron chi connectivity index (χ4n) is 3.35. The lowest BCUT2D eigenvalue weighted by Gasteiger charge is -2.14. The van der Waals surface area contributed by atoms with E-state index in [1.54, 1.807) is 6.07 Å². The number of carbonyl (C=O) groups is 1. The maximum atomic E-state index is 12.8. The molecule has 7 nitrogen and oxygen atoms in total. The molecule has 1 amide bonds. The predicted octanol–water partition coefficient (Wildman–Crippen LogP) is 3.00. The zero-order valence-electron chi connectivity index (χ0n) is 16.9. The molecule has 0 unspecified atom stereocenters. The van der Waals surface area contributed by atoms with Crippen molar-refractivity contribution in [1.29, 1.82) is 0 Å². The van der Waals surface area contributed by atoms with E-state index in [1.807, 2.05) is 61.5 Å². The topological polar surface area (TPSA) is 81.3 Å². The number of hydrogen-bond acceptors (Lipinski definition) is 4. The lowest BCUT2D eigenvalue weighted by Crippen LogP contribution is -2.35. The molecule has 1 atom stereocenters. The van der Waals surface area contributed by atoms with Crippen molar-refractivity contribution in [2.45, 2.75) is 32.9 Å². The van der Waals surface area contributed by atoms with E-state index in [0.717, 1.165) is 22.2 Å². The summed E-state index contributed by atoms with van der Waals surface area (Å²) < 4.78 is 2.61. The maximum absolute atomic E-state index is 12.8. The van der Waals surface area contributed by atoms with Crippen LogP contribution in [0, 0.1) is 0 Å². The molecule has 0 radical (unpaired) electrons. The Morgan fingerprint density at radius 1 is 1.10 bits per heavy atom. The number of nitrogens with one attached hydrogen (secondary N) is 1. The smallest absolute Gasteiger partial charge is 0.293 e. The Morgan fingerprint density at radius 3 is 2.53 bits per heavy atom. The third-order valence-corrected chi connectivity index (χ3v) is 5.12. The highest BCUT2D eigenvalue weighted by Gasteiger charge is 2.14. The third-order valence-electron chi connectivity index (χ3n) is 5.12. The van der Waals surface area contributed by atoms with Crippen LogP contribution < -0.4 is 10.9 Å². The molecule has 0 aliphatic rings. The van der Waals surface area contributed by atoms with Crippen LogP contribution in [0.1, 0.15) is 31.0 Å². The molecule has 7 heteroatoms. The Kier molecular flexibility index (Phi) is 5.43. The highest BCUT2D eigenvalue weighted by Crippen LogP contribution is 2.19. The van der Waals surface area contributed by atoms with Gasteiger partial charge in [-0.3, -0.25) is 9.59 Å². The molecule has 0 aliphatic carbocycles. The quantitative estimate of drug-likeness (QED) is 0.539. The number of aromatic nitrogens is 4. The summed E-state index contributed by atoms with van der Waals surface area (Å²) in [7, 11) is 0. The Hall–Kier alpha value is -3.74. The van der Waals surface area contributed by atoms with Crippen molar-refractivity contribution in [2.24, 2.45) is 0 Å². The van der Waals surface area contributed by atoms with Crippen LogP contribution in [0.15, 0.2) is 71.8 Å². The summed E-state index contributed by atoms with van der Waals surface area (Å²) in [5.74, 6) is -0.278. The Morgan fingerprint density at radius 2 is 1.83 bits per heavy atom. The third kappa shape index (κ3) is 4.00. The molecule has 152 valence electrons. The molecule has 4 aromatic rings. The predicted molar refractivity (Wildman–Crippen MR) is 115 cm³/mol. The van der Waals surface area contributed by atoms with Gasteiger partial charge in [-0.2, -0.15) is 10.2 Å². The first-order valence-corrected chi connectivity index (χ1v) is 9.94. The summed E-state index contributed by atoms with van der Waals surface area (Å²) in [5.41, 5.74) is 3.87. The number of aryl methyl sites for hydroxylation is 1. The molecular weight excluding hydrogens is 378 g/mol. The summed E-state index contributed by atoms with van der Waals surface area (Å²) in [6.45, 7) is 3.85. The summed E-state index contributed by atoms with van der Waals surface area (Å²) in [5, 5.41) is 11.5. The number of benzene rings is 2. The van der Waals surface area contributed by atoms with Crippen molar-refractivity contribution in [3.05, 3.63) is 88.5 Å². The van der Waals surface area contributed by atoms with Crippen molar-refractivity contribution < 1.29 is 4.79 Å². The van der Waals surface area contributed by atoms with Gasteiger partial charge in [0, 0.05) is 5.56 Å². The molecule has 0 fully saturated rings. The van der Waals surface area contributed by atoms with E-state index in [0.29, 0.717) is 11.2 Å². The van der Waals surface area contributed by atoms with Gasteiger partial charge in [-0.1, -0.05) is 61.5 Å². The van der Waals surface area contributed by atoms with Crippen LogP contribution in [-0.4, -0.2) is 25.3 Å². The van der Waals surface area contributed by atoms with Crippen LogP contribution in [0.5, 0.6) is 0 Å². The number of hydrogen-bond donors (Lipinski definition) is 1. The van der Waals surface area contributed by atoms with Gasteiger partial charge in [0.25, 0.3) is 5.56 Å². The average Bonchev–Trinajstić information content (AvgIpc) is 3.21. The Balaban J connectivity index is 1.54. The van der Waals surface area contributed by atoms with E-state index >= 15 is 0 Å². The molecule has 2 heterocycles. The lowest BCUT2D eigenvalue weighted by molar-refractivity contribution is -0.122. The molecule has 0 bridgehead atoms. The molecule has 0 aliphatic heterocycles. The van der Waals surface area contributed by atoms with Crippen molar-refractivity contribution in [3.8, 4) is 11.3 Å². The summed E-state index contributed by atoms with van der Waals surface area (Å²) in [6.07, 6.45) is 2.42. The second-order valence-corrected chi connectivity index (χ2v) is 7.20. The van der Waals surface area contributed by atoms with E-state index in [-0.39, 0.29) is 24.1 Å². The van der Waals surface area contributed by atoms with Gasteiger partial charge in [-0.25, -0.2) is 9.20 Å². The molecule has 30 heavy (non-hydrogen) atoms. The number of nitrogens with zero attached hydrogens (tertiary/aromatic N) is 4. The summed E-state index contributed by atoms with van der Waals surface area (Å²) in [6, 6.07) is 19.3. The monoisotopic (exact) mass is 401 g/mol. The molecule has 0 spiro atoms. The van der Waals surface area contributed by atoms with Crippen LogP contribution in [0.3, 0.4) is 0 Å². The largest absolute Gasteiger partial charge is 0.348 e. The Labute approximate surface area is 174 Å². The van der Waals surface area contributed by atoms with E-state index < -0.39 is 0 Å². The van der Waals surface area contributed by atoms with Crippen LogP contribution in [0.2, 0.25) is 0 Å². The van der Waals surface area contributed by atoms with Crippen molar-refractivity contribution >= 4 is 11.4 Å². The van der Waals surface area contributed by atoms with Gasteiger partial charge < -0.3 is 5.32 Å². The zero-order valence-corrected chi connectivity index (χ0v) is 16.9. The Bertz CT molecular complexity index is 1230. The molecule has 2 aromatic heterocycles. The summed E-state index contributed by atoms with van der Waals surface area (Å²) in [4.78, 5) is 25.3. The first-order chi connectivity index (χ1) is 14.5. The van der Waals surface area contributed by atoms with Crippen LogP contribution in [0.25, 0.3) is 16.8 Å². The van der Waals surface area contributed by atoms with Gasteiger partial charge in [0.1, 0.15) is 18.4 Å². The minimum absolute atomic E-state index is 0.155. The van der Waals surface area contributed by atoms with Gasteiger partial charge in [0.05, 0.1) is 11.7 Å². The van der Waals surface area contributed by atoms with Gasteiger partial charge >= 0.3 is 0 Å². The normalized spacial score (nSPS) is 12.1. The van der Waals surface area contributed by atoms with Crippen molar-refractivity contribution in [3.63, 3.8) is 0 Å². The zero-order chi connectivity index (χ0) is 21.1. The second-order valence-electron chi connectivity index (χ2n) is 7.20. The van der Waals surface area contributed by atoms with Crippen molar-refractivity contribution in [2.75, 3.05) is 0 Å². The average molecular weight is 401 g/mol. The van der Waals surface area contributed by atoms with Crippen molar-refractivity contribution in [1.82, 2.24) is 24.7 Å². The van der Waals surface area contributed by atoms with Gasteiger partial charge in [-0.15, -0.1) is 0 Å². The first kappa shape index (κ1) is 19.6.